The fourth-order valence-corrected chi connectivity index (χ4v) is 2.72. The number of fused-ring (bicyclic) bond motifs is 1. The molecule has 0 atom stereocenters. The Bertz CT molecular complexity index is 507. The van der Waals surface area contributed by atoms with E-state index in [2.05, 4.69) is 0 Å². The predicted octanol–water partition coefficient (Wildman–Crippen LogP) is 0.519. The summed E-state index contributed by atoms with van der Waals surface area (Å²) in [6.07, 6.45) is 0. The minimum absolute atomic E-state index is 0.0561. The summed E-state index contributed by atoms with van der Waals surface area (Å²) in [5.41, 5.74) is 5.83. The third kappa shape index (κ3) is 1.80. The van der Waals surface area contributed by atoms with Gasteiger partial charge >= 0.3 is 86.5 Å². The molecule has 0 bridgehead atoms. The van der Waals surface area contributed by atoms with Crippen LogP contribution in [0.4, 0.5) is 5.69 Å². The van der Waals surface area contributed by atoms with Crippen molar-refractivity contribution in [3.05, 3.63) is 36.4 Å². The van der Waals surface area contributed by atoms with Crippen LogP contribution in [-0.4, -0.2) is 14.7 Å². The Morgan fingerprint density at radius 2 is 1.60 bits per heavy atom. The quantitative estimate of drug-likeness (QED) is 0.421. The van der Waals surface area contributed by atoms with Crippen molar-refractivity contribution in [2.24, 2.45) is 0 Å². The Morgan fingerprint density at radius 1 is 0.933 bits per heavy atom. The van der Waals surface area contributed by atoms with E-state index in [-0.39, 0.29) is 11.0 Å². The molecule has 0 radical (unpaired) electrons. The van der Waals surface area contributed by atoms with Crippen LogP contribution < -0.4 is 11.0 Å². The topological polar surface area (TPSA) is 86.7 Å². The van der Waals surface area contributed by atoms with E-state index >= 15 is 0 Å². The number of benzene rings is 2. The second kappa shape index (κ2) is 3.43. The maximum atomic E-state index is 9.34. The minimum atomic E-state index is -4.37. The van der Waals surface area contributed by atoms with E-state index < -0.39 is 7.94 Å². The molecule has 0 aliphatic heterocycles. The zero-order chi connectivity index (χ0) is 11.1. The van der Waals surface area contributed by atoms with E-state index in [1.807, 2.05) is 12.1 Å². The number of nitrogen functional groups attached to an aromatic ring is 1. The van der Waals surface area contributed by atoms with Gasteiger partial charge in [0.1, 0.15) is 0 Å². The molecule has 0 fully saturated rings. The molecular weight excluding hydrogens is 213 g/mol. The van der Waals surface area contributed by atoms with Gasteiger partial charge in [0.05, 0.1) is 0 Å². The van der Waals surface area contributed by atoms with Gasteiger partial charge in [0, 0.05) is 0 Å². The van der Waals surface area contributed by atoms with Crippen LogP contribution in [0.3, 0.4) is 0 Å². The molecule has 80 valence electrons. The van der Waals surface area contributed by atoms with Gasteiger partial charge in [0.15, 0.2) is 0 Å². The molecule has 2 aromatic rings. The van der Waals surface area contributed by atoms with Gasteiger partial charge in [-0.3, -0.25) is 0 Å². The first-order chi connectivity index (χ1) is 7.00. The van der Waals surface area contributed by atoms with Gasteiger partial charge in [0.2, 0.25) is 0 Å². The summed E-state index contributed by atoms with van der Waals surface area (Å²) in [6.45, 7) is 0. The van der Waals surface area contributed by atoms with Crippen molar-refractivity contribution >= 4 is 29.7 Å². The second-order valence-electron chi connectivity index (χ2n) is 3.39. The monoisotopic (exact) mass is 225 g/mol. The van der Waals surface area contributed by atoms with Crippen molar-refractivity contribution in [2.75, 3.05) is 5.73 Å². The van der Waals surface area contributed by atoms with Crippen LogP contribution in [0.1, 0.15) is 0 Å². The van der Waals surface area contributed by atoms with Crippen LogP contribution in [0.2, 0.25) is 0 Å². The van der Waals surface area contributed by atoms with Crippen LogP contribution in [0.25, 0.3) is 10.8 Å². The average molecular weight is 225 g/mol. The molecule has 0 spiro atoms. The van der Waals surface area contributed by atoms with Crippen molar-refractivity contribution in [1.82, 2.24) is 0 Å². The first kappa shape index (κ1) is 10.3. The molecule has 0 unspecified atom stereocenters. The predicted molar refractivity (Wildman–Crippen MR) is 63.0 cm³/mol. The number of hydrogen-bond acceptors (Lipinski definition) is 4. The summed E-state index contributed by atoms with van der Waals surface area (Å²) in [5, 5.41) is 1.45. The van der Waals surface area contributed by atoms with Crippen molar-refractivity contribution in [1.29, 1.82) is 0 Å². The molecule has 0 amide bonds. The Labute approximate surface area is 87.2 Å². The summed E-state index contributed by atoms with van der Waals surface area (Å²) in [7, 11) is -4.37. The van der Waals surface area contributed by atoms with Crippen LogP contribution in [0.15, 0.2) is 36.4 Å². The van der Waals surface area contributed by atoms with Gasteiger partial charge in [-0.1, -0.05) is 0 Å². The second-order valence-corrected chi connectivity index (χ2v) is 5.16. The molecule has 0 saturated heterocycles. The van der Waals surface area contributed by atoms with Crippen LogP contribution in [0, 0.1) is 0 Å². The van der Waals surface area contributed by atoms with E-state index in [9.17, 15) is 14.7 Å². The molecule has 4 nitrogen and oxygen atoms in total. The van der Waals surface area contributed by atoms with Crippen molar-refractivity contribution in [3.8, 4) is 0 Å². The van der Waals surface area contributed by atoms with E-state index in [1.54, 1.807) is 24.3 Å². The Hall–Kier alpha value is -1.19. The average Bonchev–Trinajstić information content (AvgIpc) is 2.15. The number of nitrogens with two attached hydrogens (primary N) is 1. The third-order valence-corrected chi connectivity index (χ3v) is 3.53. The molecule has 2 aromatic carbocycles. The molecular formula is C10H12NO3P. The van der Waals surface area contributed by atoms with Gasteiger partial charge < -0.3 is 0 Å². The molecule has 0 heterocycles. The van der Waals surface area contributed by atoms with Gasteiger partial charge in [0.25, 0.3) is 0 Å². The third-order valence-electron chi connectivity index (χ3n) is 2.30. The number of rotatable bonds is 1. The Balaban J connectivity index is 2.86. The van der Waals surface area contributed by atoms with Gasteiger partial charge in [-0.2, -0.15) is 0 Å². The summed E-state index contributed by atoms with van der Waals surface area (Å²) < 4.78 is 0. The molecule has 5 N–H and O–H groups in total. The van der Waals surface area contributed by atoms with E-state index in [0.717, 1.165) is 5.39 Å². The summed E-state index contributed by atoms with van der Waals surface area (Å²) in [5.74, 6) is 0. The molecule has 15 heavy (non-hydrogen) atoms. The van der Waals surface area contributed by atoms with Crippen molar-refractivity contribution in [3.63, 3.8) is 0 Å². The molecule has 0 aliphatic rings. The maximum absolute atomic E-state index is 9.34. The molecule has 0 aliphatic carbocycles. The van der Waals surface area contributed by atoms with Gasteiger partial charge in [-0.25, -0.2) is 0 Å². The Kier molecular flexibility index (Phi) is 2.37. The summed E-state index contributed by atoms with van der Waals surface area (Å²) in [4.78, 5) is 28.0. The van der Waals surface area contributed by atoms with Crippen LogP contribution >= 0.6 is 7.94 Å². The van der Waals surface area contributed by atoms with E-state index in [0.29, 0.717) is 5.39 Å². The molecule has 0 aromatic heterocycles. The summed E-state index contributed by atoms with van der Waals surface area (Å²) in [6, 6.07) is 10.4. The summed E-state index contributed by atoms with van der Waals surface area (Å²) >= 11 is 0. The number of hydrogen-bond donors (Lipinski definition) is 4. The SMILES string of the molecule is Nc1ccc2ccccc2c1[PH](O)(O)O. The first-order valence-electron chi connectivity index (χ1n) is 4.45. The number of anilines is 1. The van der Waals surface area contributed by atoms with Crippen molar-refractivity contribution < 1.29 is 14.7 Å². The van der Waals surface area contributed by atoms with E-state index in [1.165, 1.54) is 0 Å². The molecule has 0 saturated carbocycles. The van der Waals surface area contributed by atoms with E-state index in [4.69, 9.17) is 5.73 Å². The molecule has 5 heteroatoms. The zero-order valence-corrected chi connectivity index (χ0v) is 8.88. The van der Waals surface area contributed by atoms with Crippen LogP contribution in [-0.2, 0) is 0 Å². The fraction of sp³-hybridized carbons (Fsp3) is 0. The van der Waals surface area contributed by atoms with Crippen molar-refractivity contribution in [2.45, 2.75) is 0 Å². The molecule has 2 rings (SSSR count). The first-order valence-corrected chi connectivity index (χ1v) is 6.29. The van der Waals surface area contributed by atoms with Gasteiger partial charge in [-0.15, -0.1) is 0 Å². The van der Waals surface area contributed by atoms with Crippen LogP contribution in [0.5, 0.6) is 0 Å². The fourth-order valence-electron chi connectivity index (χ4n) is 1.66. The normalized spacial score (nSPS) is 13.0. The zero-order valence-electron chi connectivity index (χ0n) is 7.88. The standard InChI is InChI=1S/C10H12NO3P/c11-9-6-5-7-3-1-2-4-8(7)10(9)15(12,13)14/h1-6,12-15H,11H2. The van der Waals surface area contributed by atoms with Gasteiger partial charge in [-0.05, 0) is 0 Å². The Morgan fingerprint density at radius 3 is 2.27 bits per heavy atom.